The second kappa shape index (κ2) is 9.53. The normalized spacial score (nSPS) is 11.9. The molecule has 0 saturated heterocycles. The first-order valence-electron chi connectivity index (χ1n) is 9.71. The van der Waals surface area contributed by atoms with Crippen molar-refractivity contribution in [2.75, 3.05) is 4.90 Å². The maximum Gasteiger partial charge on any atom is 0.110 e. The minimum atomic E-state index is 0.143. The zero-order chi connectivity index (χ0) is 21.0. The minimum Gasteiger partial charge on any atom is -0.288 e. The summed E-state index contributed by atoms with van der Waals surface area (Å²) in [6.45, 7) is 14.6. The number of hydrogen-bond acceptors (Lipinski definition) is 3. The van der Waals surface area contributed by atoms with Crippen molar-refractivity contribution in [2.45, 2.75) is 53.9 Å². The van der Waals surface area contributed by atoms with Crippen LogP contribution in [-0.4, -0.2) is 11.7 Å². The number of halogens is 1. The lowest BCUT2D eigenvalue weighted by Crippen LogP contribution is -2.38. The smallest absolute Gasteiger partial charge is 0.110 e. The van der Waals surface area contributed by atoms with Crippen LogP contribution in [0.3, 0.4) is 0 Å². The topological polar surface area (TPSA) is 50.9 Å². The lowest BCUT2D eigenvalue weighted by Gasteiger charge is -2.29. The Morgan fingerprint density at radius 3 is 2.29 bits per heavy atom. The van der Waals surface area contributed by atoms with Gasteiger partial charge in [-0.15, -0.1) is 11.3 Å². The van der Waals surface area contributed by atoms with E-state index < -0.39 is 0 Å². The van der Waals surface area contributed by atoms with Gasteiger partial charge in [0, 0.05) is 21.4 Å². The van der Waals surface area contributed by atoms with E-state index in [2.05, 4.69) is 34.3 Å². The van der Waals surface area contributed by atoms with Crippen molar-refractivity contribution >= 4 is 45.2 Å². The Labute approximate surface area is 178 Å². The highest BCUT2D eigenvalue weighted by atomic mass is 35.5. The van der Waals surface area contributed by atoms with Gasteiger partial charge in [0.15, 0.2) is 0 Å². The number of nitrogens with zero attached hydrogens (tertiary/aromatic N) is 1. The molecule has 0 radical (unpaired) electrons. The van der Waals surface area contributed by atoms with Crippen molar-refractivity contribution in [3.63, 3.8) is 0 Å². The van der Waals surface area contributed by atoms with Gasteiger partial charge in [-0.05, 0) is 62.4 Å². The van der Waals surface area contributed by atoms with Crippen LogP contribution in [0, 0.1) is 30.6 Å². The molecule has 1 atom stereocenters. The molecular formula is C23H30ClN3S. The van der Waals surface area contributed by atoms with Crippen molar-refractivity contribution in [1.82, 2.24) is 0 Å². The lowest BCUT2D eigenvalue weighted by atomic mass is 9.95. The van der Waals surface area contributed by atoms with Crippen LogP contribution < -0.4 is 4.90 Å². The third-order valence-electron chi connectivity index (χ3n) is 5.16. The number of anilines is 1. The predicted octanol–water partition coefficient (Wildman–Crippen LogP) is 7.69. The third-order valence-corrected chi connectivity index (χ3v) is 6.60. The molecule has 2 N–H and O–H groups in total. The average Bonchev–Trinajstić information content (AvgIpc) is 2.93. The van der Waals surface area contributed by atoms with Crippen LogP contribution in [0.15, 0.2) is 30.8 Å². The van der Waals surface area contributed by atoms with Gasteiger partial charge in [0.05, 0.1) is 0 Å². The summed E-state index contributed by atoms with van der Waals surface area (Å²) in [5, 5.41) is 18.9. The molecule has 0 aliphatic heterocycles. The van der Waals surface area contributed by atoms with Gasteiger partial charge in [-0.3, -0.25) is 15.7 Å². The number of aryl methyl sites for hydroxylation is 1. The van der Waals surface area contributed by atoms with E-state index in [1.54, 1.807) is 18.3 Å². The Bertz CT molecular complexity index is 880. The van der Waals surface area contributed by atoms with E-state index in [-0.39, 0.29) is 5.92 Å². The van der Waals surface area contributed by atoms with E-state index in [9.17, 15) is 0 Å². The number of nitrogens with one attached hydrogen (secondary N) is 2. The Morgan fingerprint density at radius 2 is 1.79 bits per heavy atom. The standard InChI is InChI=1S/C23H30ClN3S/c1-7-9-18(8-2)22(26)27(17(6)25)23-21(14(3)16(5)28-23)15(4)19-10-12-20(24)13-11-19/h10-13,18,25-26H,4,7-9H2,1-3,5-6H3/t18-/m0/s1. The first-order chi connectivity index (χ1) is 13.2. The highest BCUT2D eigenvalue weighted by molar-refractivity contribution is 7.17. The van der Waals surface area contributed by atoms with E-state index >= 15 is 0 Å². The van der Waals surface area contributed by atoms with E-state index in [1.165, 1.54) is 4.88 Å². The van der Waals surface area contributed by atoms with Gasteiger partial charge in [0.1, 0.15) is 16.7 Å². The molecule has 0 aliphatic carbocycles. The molecule has 0 bridgehead atoms. The monoisotopic (exact) mass is 415 g/mol. The quantitative estimate of drug-likeness (QED) is 0.353. The van der Waals surface area contributed by atoms with Crippen LogP contribution in [0.1, 0.15) is 61.6 Å². The number of rotatable bonds is 7. The van der Waals surface area contributed by atoms with Gasteiger partial charge in [-0.2, -0.15) is 0 Å². The molecule has 0 saturated carbocycles. The second-order valence-corrected chi connectivity index (χ2v) is 8.79. The molecule has 150 valence electrons. The summed E-state index contributed by atoms with van der Waals surface area (Å²) < 4.78 is 0. The van der Waals surface area contributed by atoms with Crippen molar-refractivity contribution < 1.29 is 0 Å². The Kier molecular flexibility index (Phi) is 7.62. The van der Waals surface area contributed by atoms with Crippen molar-refractivity contribution in [3.05, 3.63) is 57.4 Å². The van der Waals surface area contributed by atoms with Crippen LogP contribution in [-0.2, 0) is 0 Å². The maximum absolute atomic E-state index is 8.87. The summed E-state index contributed by atoms with van der Waals surface area (Å²) in [5.74, 6) is 1.01. The van der Waals surface area contributed by atoms with E-state index in [1.807, 2.05) is 29.2 Å². The van der Waals surface area contributed by atoms with Gasteiger partial charge in [0.2, 0.25) is 0 Å². The summed E-state index contributed by atoms with van der Waals surface area (Å²) in [7, 11) is 0. The molecule has 0 fully saturated rings. The number of hydrogen-bond donors (Lipinski definition) is 2. The maximum atomic E-state index is 8.87. The summed E-state index contributed by atoms with van der Waals surface area (Å²) >= 11 is 7.69. The summed E-state index contributed by atoms with van der Waals surface area (Å²) in [4.78, 5) is 2.99. The molecule has 0 aliphatic rings. The van der Waals surface area contributed by atoms with Gasteiger partial charge in [-0.25, -0.2) is 0 Å². The first kappa shape index (κ1) is 22.4. The molecule has 1 aromatic heterocycles. The molecule has 1 aromatic carbocycles. The molecule has 0 amide bonds. The third kappa shape index (κ3) is 4.56. The van der Waals surface area contributed by atoms with Gasteiger partial charge in [0.25, 0.3) is 0 Å². The molecule has 2 aromatic rings. The Hall–Kier alpha value is -1.91. The molecule has 28 heavy (non-hydrogen) atoms. The van der Waals surface area contributed by atoms with E-state index in [0.29, 0.717) is 16.7 Å². The molecule has 1 heterocycles. The van der Waals surface area contributed by atoms with Crippen molar-refractivity contribution in [2.24, 2.45) is 5.92 Å². The molecule has 0 spiro atoms. The van der Waals surface area contributed by atoms with Gasteiger partial charge in [-0.1, -0.05) is 50.6 Å². The highest BCUT2D eigenvalue weighted by Gasteiger charge is 2.28. The lowest BCUT2D eigenvalue weighted by molar-refractivity contribution is 0.587. The highest BCUT2D eigenvalue weighted by Crippen LogP contribution is 2.42. The largest absolute Gasteiger partial charge is 0.288 e. The fourth-order valence-electron chi connectivity index (χ4n) is 3.42. The molecule has 0 unspecified atom stereocenters. The number of benzene rings is 1. The predicted molar refractivity (Wildman–Crippen MR) is 126 cm³/mol. The zero-order valence-corrected chi connectivity index (χ0v) is 19.0. The second-order valence-electron chi connectivity index (χ2n) is 7.15. The number of thiophene rings is 1. The van der Waals surface area contributed by atoms with Gasteiger partial charge < -0.3 is 0 Å². The molecule has 2 rings (SSSR count). The molecule has 5 heteroatoms. The van der Waals surface area contributed by atoms with E-state index in [4.69, 9.17) is 22.4 Å². The van der Waals surface area contributed by atoms with Crippen LogP contribution in [0.5, 0.6) is 0 Å². The SMILES string of the molecule is C=C(c1ccc(Cl)cc1)c1c(N(C(C)=N)C(=N)[C@@H](CC)CCC)sc(C)c1C. The Morgan fingerprint density at radius 1 is 1.18 bits per heavy atom. The molecule has 3 nitrogen and oxygen atoms in total. The van der Waals surface area contributed by atoms with Crippen LogP contribution in [0.4, 0.5) is 5.00 Å². The van der Waals surface area contributed by atoms with Crippen LogP contribution >= 0.6 is 22.9 Å². The Balaban J connectivity index is 2.58. The fraction of sp³-hybridized carbons (Fsp3) is 0.391. The van der Waals surface area contributed by atoms with Crippen molar-refractivity contribution in [3.8, 4) is 0 Å². The number of amidine groups is 2. The van der Waals surface area contributed by atoms with Crippen molar-refractivity contribution in [1.29, 1.82) is 10.8 Å². The van der Waals surface area contributed by atoms with Crippen LogP contribution in [0.2, 0.25) is 5.02 Å². The summed E-state index contributed by atoms with van der Waals surface area (Å²) in [5.41, 5.74) is 4.08. The first-order valence-corrected chi connectivity index (χ1v) is 10.9. The van der Waals surface area contributed by atoms with Crippen LogP contribution in [0.25, 0.3) is 5.57 Å². The fourth-order valence-corrected chi connectivity index (χ4v) is 4.80. The molecular weight excluding hydrogens is 386 g/mol. The summed E-state index contributed by atoms with van der Waals surface area (Å²) in [6, 6.07) is 7.68. The minimum absolute atomic E-state index is 0.143. The van der Waals surface area contributed by atoms with E-state index in [0.717, 1.165) is 46.5 Å². The van der Waals surface area contributed by atoms with Gasteiger partial charge >= 0.3 is 0 Å². The zero-order valence-electron chi connectivity index (χ0n) is 17.4. The average molecular weight is 416 g/mol. The summed E-state index contributed by atoms with van der Waals surface area (Å²) in [6.07, 6.45) is 2.88.